The molecule has 4 N–H and O–H groups in total. The van der Waals surface area contributed by atoms with Crippen molar-refractivity contribution in [2.75, 3.05) is 0 Å². The zero-order chi connectivity index (χ0) is 24.8. The number of carbonyl (C=O) groups excluding carboxylic acids is 1. The molecule has 2 aromatic heterocycles. The van der Waals surface area contributed by atoms with Crippen LogP contribution in [0.1, 0.15) is 67.3 Å². The molecule has 0 bridgehead atoms. The number of imidazole rings is 1. The molecule has 0 aliphatic carbocycles. The highest BCUT2D eigenvalue weighted by atomic mass is 16.3. The van der Waals surface area contributed by atoms with Gasteiger partial charge >= 0.3 is 0 Å². The van der Waals surface area contributed by atoms with Crippen LogP contribution in [0, 0.1) is 5.92 Å². The van der Waals surface area contributed by atoms with E-state index in [1.165, 1.54) is 0 Å². The second-order valence-electron chi connectivity index (χ2n) is 8.91. The van der Waals surface area contributed by atoms with Crippen molar-refractivity contribution in [1.82, 2.24) is 35.9 Å². The molecule has 0 radical (unpaired) electrons. The predicted molar refractivity (Wildman–Crippen MR) is 133 cm³/mol. The maximum Gasteiger partial charge on any atom is 0.270 e. The van der Waals surface area contributed by atoms with Gasteiger partial charge in [-0.25, -0.2) is 10.1 Å². The number of carbonyl (C=O) groups is 1. The number of hydrogen-bond donors (Lipinski definition) is 4. The van der Waals surface area contributed by atoms with Crippen molar-refractivity contribution in [3.63, 3.8) is 0 Å². The lowest BCUT2D eigenvalue weighted by Gasteiger charge is -2.14. The van der Waals surface area contributed by atoms with E-state index < -0.39 is 6.10 Å². The molecule has 9 heteroatoms. The molecule has 4 aromatic rings. The molecular formula is C26H31N7O2. The fourth-order valence-corrected chi connectivity index (χ4v) is 3.89. The Morgan fingerprint density at radius 2 is 1.83 bits per heavy atom. The number of aromatic amines is 2. The average molecular weight is 474 g/mol. The van der Waals surface area contributed by atoms with Gasteiger partial charge in [-0.2, -0.15) is 0 Å². The molecule has 0 saturated carbocycles. The zero-order valence-corrected chi connectivity index (χ0v) is 20.2. The third-order valence-corrected chi connectivity index (χ3v) is 5.93. The Kier molecular flexibility index (Phi) is 7.67. The molecule has 0 spiro atoms. The number of nitrogens with zero attached hydrogens (tertiary/aromatic N) is 4. The van der Waals surface area contributed by atoms with Crippen molar-refractivity contribution in [2.45, 2.75) is 52.7 Å². The summed E-state index contributed by atoms with van der Waals surface area (Å²) in [6.07, 6.45) is 1.93. The van der Waals surface area contributed by atoms with Gasteiger partial charge in [0, 0.05) is 18.5 Å². The fraction of sp³-hybridized carbons (Fsp3) is 0.346. The van der Waals surface area contributed by atoms with Crippen molar-refractivity contribution >= 4 is 5.91 Å². The number of rotatable bonds is 10. The minimum Gasteiger partial charge on any atom is -0.386 e. The Labute approximate surface area is 204 Å². The number of benzene rings is 2. The zero-order valence-electron chi connectivity index (χ0n) is 20.2. The first-order valence-corrected chi connectivity index (χ1v) is 11.9. The maximum atomic E-state index is 13.0. The van der Waals surface area contributed by atoms with E-state index in [1.807, 2.05) is 62.4 Å². The van der Waals surface area contributed by atoms with E-state index in [1.54, 1.807) is 0 Å². The molecule has 0 saturated heterocycles. The summed E-state index contributed by atoms with van der Waals surface area (Å²) in [5.74, 6) is 1.01. The summed E-state index contributed by atoms with van der Waals surface area (Å²) in [6.45, 7) is 6.28. The molecule has 0 aliphatic heterocycles. The van der Waals surface area contributed by atoms with Gasteiger partial charge in [0.1, 0.15) is 23.3 Å². The van der Waals surface area contributed by atoms with Crippen LogP contribution in [0.25, 0.3) is 22.5 Å². The molecule has 9 nitrogen and oxygen atoms in total. The van der Waals surface area contributed by atoms with Gasteiger partial charge in [-0.15, -0.1) is 5.10 Å². The summed E-state index contributed by atoms with van der Waals surface area (Å²) in [5, 5.41) is 27.7. The first kappa shape index (κ1) is 24.3. The van der Waals surface area contributed by atoms with Gasteiger partial charge in [0.25, 0.3) is 5.91 Å². The normalized spacial score (nSPS) is 12.1. The predicted octanol–water partition coefficient (Wildman–Crippen LogP) is 4.22. The summed E-state index contributed by atoms with van der Waals surface area (Å²) in [6, 6.07) is 15.9. The summed E-state index contributed by atoms with van der Waals surface area (Å²) >= 11 is 0. The van der Waals surface area contributed by atoms with E-state index in [2.05, 4.69) is 42.8 Å². The number of aryl methyl sites for hydroxylation is 1. The van der Waals surface area contributed by atoms with Crippen LogP contribution in [0.2, 0.25) is 0 Å². The smallest absolute Gasteiger partial charge is 0.270 e. The summed E-state index contributed by atoms with van der Waals surface area (Å²) < 4.78 is 0. The van der Waals surface area contributed by atoms with E-state index in [9.17, 15) is 9.90 Å². The third kappa shape index (κ3) is 5.63. The number of tetrazole rings is 1. The van der Waals surface area contributed by atoms with E-state index >= 15 is 0 Å². The standard InChI is InChI=1S/C26H31N7O2/c1-4-5-10-21-28-22(24(34)16(2)3)23(29-21)26(35)27-15-17-11-13-18(14-12-17)19-8-6-7-9-20(19)25-30-32-33-31-25/h6-9,11-14,16,24,34H,4-5,10,15H2,1-3H3,(H,27,35)(H,28,29)(H,30,31,32,33). The third-order valence-electron chi connectivity index (χ3n) is 5.93. The van der Waals surface area contributed by atoms with Gasteiger partial charge < -0.3 is 15.4 Å². The average Bonchev–Trinajstić information content (AvgIpc) is 3.56. The highest BCUT2D eigenvalue weighted by Gasteiger charge is 2.25. The van der Waals surface area contributed by atoms with Crippen molar-refractivity contribution in [3.05, 3.63) is 71.3 Å². The molecule has 0 aliphatic rings. The molecule has 1 atom stereocenters. The number of unbranched alkanes of at least 4 members (excludes halogenated alkanes) is 1. The van der Waals surface area contributed by atoms with Crippen LogP contribution in [0.4, 0.5) is 0 Å². The molecule has 1 unspecified atom stereocenters. The number of nitrogens with one attached hydrogen (secondary N) is 3. The Morgan fingerprint density at radius 1 is 1.09 bits per heavy atom. The Morgan fingerprint density at radius 3 is 2.49 bits per heavy atom. The summed E-state index contributed by atoms with van der Waals surface area (Å²) in [7, 11) is 0. The number of H-pyrrole nitrogens is 2. The summed E-state index contributed by atoms with van der Waals surface area (Å²) in [4.78, 5) is 20.7. The van der Waals surface area contributed by atoms with Crippen LogP contribution in [0.15, 0.2) is 48.5 Å². The lowest BCUT2D eigenvalue weighted by atomic mass is 9.98. The van der Waals surface area contributed by atoms with Gasteiger partial charge in [-0.3, -0.25) is 4.79 Å². The Bertz CT molecular complexity index is 1250. The molecule has 2 aromatic carbocycles. The van der Waals surface area contributed by atoms with Crippen molar-refractivity contribution < 1.29 is 9.90 Å². The lowest BCUT2D eigenvalue weighted by molar-refractivity contribution is 0.0924. The second kappa shape index (κ2) is 11.1. The van der Waals surface area contributed by atoms with Crippen LogP contribution < -0.4 is 5.32 Å². The minimum absolute atomic E-state index is 0.0490. The first-order valence-electron chi connectivity index (χ1n) is 11.9. The number of aromatic nitrogens is 6. The van der Waals surface area contributed by atoms with E-state index in [0.717, 1.165) is 47.3 Å². The molecule has 0 fully saturated rings. The number of aliphatic hydroxyl groups excluding tert-OH is 1. The summed E-state index contributed by atoms with van der Waals surface area (Å²) in [5.41, 5.74) is 4.64. The SMILES string of the molecule is CCCCc1nc(C(O)C(C)C)c(C(=O)NCc2ccc(-c3ccccc3-c3nnn[nH]3)cc2)[nH]1. The van der Waals surface area contributed by atoms with Gasteiger partial charge in [-0.1, -0.05) is 75.7 Å². The minimum atomic E-state index is -0.804. The number of amides is 1. The molecule has 1 amide bonds. The maximum absolute atomic E-state index is 13.0. The highest BCUT2D eigenvalue weighted by molar-refractivity contribution is 5.93. The Balaban J connectivity index is 1.48. The highest BCUT2D eigenvalue weighted by Crippen LogP contribution is 2.30. The number of hydrogen-bond acceptors (Lipinski definition) is 6. The largest absolute Gasteiger partial charge is 0.386 e. The van der Waals surface area contributed by atoms with Crippen LogP contribution in [-0.4, -0.2) is 41.6 Å². The molecular weight excluding hydrogens is 442 g/mol. The molecule has 182 valence electrons. The topological polar surface area (TPSA) is 132 Å². The van der Waals surface area contributed by atoms with Gasteiger partial charge in [-0.05, 0) is 39.5 Å². The van der Waals surface area contributed by atoms with Crippen molar-refractivity contribution in [3.8, 4) is 22.5 Å². The van der Waals surface area contributed by atoms with E-state index in [0.29, 0.717) is 23.8 Å². The second-order valence-corrected chi connectivity index (χ2v) is 8.91. The van der Waals surface area contributed by atoms with Gasteiger partial charge in [0.2, 0.25) is 0 Å². The molecule has 35 heavy (non-hydrogen) atoms. The quantitative estimate of drug-likeness (QED) is 0.273. The molecule has 2 heterocycles. The monoisotopic (exact) mass is 473 g/mol. The number of aliphatic hydroxyl groups is 1. The van der Waals surface area contributed by atoms with Crippen molar-refractivity contribution in [2.24, 2.45) is 5.92 Å². The van der Waals surface area contributed by atoms with Crippen LogP contribution >= 0.6 is 0 Å². The Hall–Kier alpha value is -3.85. The van der Waals surface area contributed by atoms with Crippen LogP contribution in [-0.2, 0) is 13.0 Å². The van der Waals surface area contributed by atoms with Crippen LogP contribution in [0.3, 0.4) is 0 Å². The van der Waals surface area contributed by atoms with E-state index in [4.69, 9.17) is 0 Å². The van der Waals surface area contributed by atoms with Gasteiger partial charge in [0.15, 0.2) is 5.82 Å². The van der Waals surface area contributed by atoms with Crippen LogP contribution in [0.5, 0.6) is 0 Å². The van der Waals surface area contributed by atoms with Crippen molar-refractivity contribution in [1.29, 1.82) is 0 Å². The lowest BCUT2D eigenvalue weighted by Crippen LogP contribution is -2.25. The first-order chi connectivity index (χ1) is 17.0. The van der Waals surface area contributed by atoms with Gasteiger partial charge in [0.05, 0.1) is 0 Å². The van der Waals surface area contributed by atoms with E-state index in [-0.39, 0.29) is 11.8 Å². The molecule has 4 rings (SSSR count). The fourth-order valence-electron chi connectivity index (χ4n) is 3.89.